The molecule has 1 aliphatic rings. The molecule has 0 aliphatic carbocycles. The van der Waals surface area contributed by atoms with Gasteiger partial charge in [-0.05, 0) is 31.4 Å². The van der Waals surface area contributed by atoms with E-state index in [0.717, 1.165) is 36.2 Å². The maximum Gasteiger partial charge on any atom is 0.229 e. The van der Waals surface area contributed by atoms with Crippen molar-refractivity contribution < 1.29 is 9.59 Å². The molecule has 114 valence electrons. The minimum Gasteiger partial charge on any atom is -0.342 e. The third kappa shape index (κ3) is 3.63. The predicted octanol–water partition coefficient (Wildman–Crippen LogP) is 2.89. The van der Waals surface area contributed by atoms with Gasteiger partial charge in [0, 0.05) is 25.2 Å². The Morgan fingerprint density at radius 1 is 1.33 bits per heavy atom. The molecule has 2 amide bonds. The fourth-order valence-corrected chi connectivity index (χ4v) is 2.75. The number of amides is 2. The van der Waals surface area contributed by atoms with E-state index in [2.05, 4.69) is 12.2 Å². The zero-order valence-corrected chi connectivity index (χ0v) is 13.1. The number of aryl methyl sites for hydroxylation is 2. The van der Waals surface area contributed by atoms with Crippen molar-refractivity contribution in [2.45, 2.75) is 40.0 Å². The van der Waals surface area contributed by atoms with Crippen LogP contribution in [0.2, 0.25) is 0 Å². The highest BCUT2D eigenvalue weighted by atomic mass is 16.2. The molecule has 0 saturated carbocycles. The average Bonchev–Trinajstić information content (AvgIpc) is 2.82. The Balaban J connectivity index is 2.00. The van der Waals surface area contributed by atoms with E-state index in [4.69, 9.17) is 0 Å². The number of nitrogens with one attached hydrogen (secondary N) is 1. The summed E-state index contributed by atoms with van der Waals surface area (Å²) in [5, 5.41) is 3.00. The molecule has 2 rings (SSSR count). The van der Waals surface area contributed by atoms with Crippen molar-refractivity contribution >= 4 is 17.5 Å². The molecule has 21 heavy (non-hydrogen) atoms. The Hall–Kier alpha value is -1.84. The van der Waals surface area contributed by atoms with Crippen molar-refractivity contribution in [2.24, 2.45) is 5.92 Å². The standard InChI is InChI=1S/C17H24N2O2/c1-4-5-9-19-11-14(10-15(19)20)17(21)18-16-12(2)7-6-8-13(16)3/h6-8,14H,4-5,9-11H2,1-3H3,(H,18,21)/t14-/m1/s1. The minimum absolute atomic E-state index is 0.0419. The lowest BCUT2D eigenvalue weighted by Crippen LogP contribution is -2.29. The van der Waals surface area contributed by atoms with Gasteiger partial charge in [-0.2, -0.15) is 0 Å². The van der Waals surface area contributed by atoms with Crippen LogP contribution in [0.4, 0.5) is 5.69 Å². The van der Waals surface area contributed by atoms with Crippen LogP contribution in [0.25, 0.3) is 0 Å². The highest BCUT2D eigenvalue weighted by Gasteiger charge is 2.34. The first-order valence-corrected chi connectivity index (χ1v) is 7.67. The maximum absolute atomic E-state index is 12.4. The van der Waals surface area contributed by atoms with Gasteiger partial charge in [0.1, 0.15) is 0 Å². The molecule has 1 aromatic carbocycles. The molecule has 1 aromatic rings. The normalized spacial score (nSPS) is 18.1. The monoisotopic (exact) mass is 288 g/mol. The Kier molecular flexibility index (Phi) is 4.99. The summed E-state index contributed by atoms with van der Waals surface area (Å²) in [5.74, 6) is -0.168. The second-order valence-corrected chi connectivity index (χ2v) is 5.85. The number of carbonyl (C=O) groups is 2. The van der Waals surface area contributed by atoms with Gasteiger partial charge < -0.3 is 10.2 Å². The van der Waals surface area contributed by atoms with Crippen LogP contribution in [0.3, 0.4) is 0 Å². The second kappa shape index (κ2) is 6.74. The molecule has 0 spiro atoms. The number of carbonyl (C=O) groups excluding carboxylic acids is 2. The topological polar surface area (TPSA) is 49.4 Å². The molecule has 4 heteroatoms. The molecule has 1 N–H and O–H groups in total. The van der Waals surface area contributed by atoms with Gasteiger partial charge in [-0.15, -0.1) is 0 Å². The Bertz CT molecular complexity index is 519. The van der Waals surface area contributed by atoms with E-state index < -0.39 is 0 Å². The van der Waals surface area contributed by atoms with Crippen molar-refractivity contribution in [2.75, 3.05) is 18.4 Å². The Morgan fingerprint density at radius 3 is 2.62 bits per heavy atom. The first-order chi connectivity index (χ1) is 10.0. The van der Waals surface area contributed by atoms with Crippen molar-refractivity contribution in [1.82, 2.24) is 4.90 Å². The molecule has 4 nitrogen and oxygen atoms in total. The molecule has 1 aliphatic heterocycles. The molecular formula is C17H24N2O2. The third-order valence-corrected chi connectivity index (χ3v) is 4.10. The van der Waals surface area contributed by atoms with Gasteiger partial charge >= 0.3 is 0 Å². The van der Waals surface area contributed by atoms with Crippen LogP contribution in [0.1, 0.15) is 37.3 Å². The minimum atomic E-state index is -0.228. The maximum atomic E-state index is 12.4. The molecule has 1 fully saturated rings. The lowest BCUT2D eigenvalue weighted by molar-refractivity contribution is -0.128. The number of hydrogen-bond acceptors (Lipinski definition) is 2. The molecule has 1 atom stereocenters. The van der Waals surface area contributed by atoms with Gasteiger partial charge in [-0.1, -0.05) is 31.5 Å². The molecule has 0 unspecified atom stereocenters. The van der Waals surface area contributed by atoms with Crippen molar-refractivity contribution in [3.05, 3.63) is 29.3 Å². The summed E-state index contributed by atoms with van der Waals surface area (Å²) < 4.78 is 0. The van der Waals surface area contributed by atoms with Gasteiger partial charge in [0.05, 0.1) is 5.92 Å². The molecule has 0 aromatic heterocycles. The van der Waals surface area contributed by atoms with Crippen molar-refractivity contribution in [1.29, 1.82) is 0 Å². The first-order valence-electron chi connectivity index (χ1n) is 7.67. The zero-order valence-electron chi connectivity index (χ0n) is 13.1. The quantitative estimate of drug-likeness (QED) is 0.905. The molecule has 0 bridgehead atoms. The van der Waals surface area contributed by atoms with E-state index in [0.29, 0.717) is 13.0 Å². The van der Waals surface area contributed by atoms with E-state index in [-0.39, 0.29) is 17.7 Å². The van der Waals surface area contributed by atoms with E-state index in [1.165, 1.54) is 0 Å². The summed E-state index contributed by atoms with van der Waals surface area (Å²) in [6.45, 7) is 7.38. The number of unbranched alkanes of at least 4 members (excludes halogenated alkanes) is 1. The predicted molar refractivity (Wildman–Crippen MR) is 84.1 cm³/mol. The Morgan fingerprint density at radius 2 is 2.00 bits per heavy atom. The van der Waals surface area contributed by atoms with Crippen LogP contribution in [0.15, 0.2) is 18.2 Å². The van der Waals surface area contributed by atoms with E-state index in [1.54, 1.807) is 0 Å². The Labute approximate surface area is 126 Å². The smallest absolute Gasteiger partial charge is 0.229 e. The van der Waals surface area contributed by atoms with E-state index in [9.17, 15) is 9.59 Å². The molecule has 0 radical (unpaired) electrons. The van der Waals surface area contributed by atoms with E-state index >= 15 is 0 Å². The van der Waals surface area contributed by atoms with Gasteiger partial charge in [0.2, 0.25) is 11.8 Å². The van der Waals surface area contributed by atoms with Crippen LogP contribution in [0.5, 0.6) is 0 Å². The molecule has 1 saturated heterocycles. The van der Waals surface area contributed by atoms with Crippen LogP contribution >= 0.6 is 0 Å². The number of benzene rings is 1. The third-order valence-electron chi connectivity index (χ3n) is 4.10. The van der Waals surface area contributed by atoms with Gasteiger partial charge in [-0.25, -0.2) is 0 Å². The number of hydrogen-bond donors (Lipinski definition) is 1. The SMILES string of the molecule is CCCCN1C[C@H](C(=O)Nc2c(C)cccc2C)CC1=O. The van der Waals surface area contributed by atoms with Crippen LogP contribution in [-0.2, 0) is 9.59 Å². The van der Waals surface area contributed by atoms with Gasteiger partial charge in [0.15, 0.2) is 0 Å². The number of likely N-dealkylation sites (tertiary alicyclic amines) is 1. The highest BCUT2D eigenvalue weighted by Crippen LogP contribution is 2.24. The number of para-hydroxylation sites is 1. The second-order valence-electron chi connectivity index (χ2n) is 5.85. The van der Waals surface area contributed by atoms with E-state index in [1.807, 2.05) is 36.9 Å². The van der Waals surface area contributed by atoms with Crippen LogP contribution < -0.4 is 5.32 Å². The molecule has 1 heterocycles. The number of anilines is 1. The summed E-state index contributed by atoms with van der Waals surface area (Å²) in [4.78, 5) is 26.1. The summed E-state index contributed by atoms with van der Waals surface area (Å²) in [6.07, 6.45) is 2.39. The van der Waals surface area contributed by atoms with Crippen LogP contribution in [0, 0.1) is 19.8 Å². The van der Waals surface area contributed by atoms with Crippen molar-refractivity contribution in [3.63, 3.8) is 0 Å². The summed E-state index contributed by atoms with van der Waals surface area (Å²) >= 11 is 0. The summed E-state index contributed by atoms with van der Waals surface area (Å²) in [6, 6.07) is 5.94. The van der Waals surface area contributed by atoms with Gasteiger partial charge in [0.25, 0.3) is 0 Å². The van der Waals surface area contributed by atoms with Gasteiger partial charge in [-0.3, -0.25) is 9.59 Å². The zero-order chi connectivity index (χ0) is 15.4. The lowest BCUT2D eigenvalue weighted by Gasteiger charge is -2.17. The lowest BCUT2D eigenvalue weighted by atomic mass is 10.1. The fraction of sp³-hybridized carbons (Fsp3) is 0.529. The number of rotatable bonds is 5. The summed E-state index contributed by atoms with van der Waals surface area (Å²) in [5.41, 5.74) is 2.98. The van der Waals surface area contributed by atoms with Crippen LogP contribution in [-0.4, -0.2) is 29.8 Å². The van der Waals surface area contributed by atoms with Crippen molar-refractivity contribution in [3.8, 4) is 0 Å². The highest BCUT2D eigenvalue weighted by molar-refractivity contribution is 5.98. The summed E-state index contributed by atoms with van der Waals surface area (Å²) in [7, 11) is 0. The molecular weight excluding hydrogens is 264 g/mol. The average molecular weight is 288 g/mol. The number of nitrogens with zero attached hydrogens (tertiary/aromatic N) is 1. The first kappa shape index (κ1) is 15.5. The fourth-order valence-electron chi connectivity index (χ4n) is 2.75. The largest absolute Gasteiger partial charge is 0.342 e.